The maximum absolute atomic E-state index is 12.4. The lowest BCUT2D eigenvalue weighted by molar-refractivity contribution is -0.128. The van der Waals surface area contributed by atoms with Crippen molar-refractivity contribution in [3.63, 3.8) is 0 Å². The fraction of sp³-hybridized carbons (Fsp3) is 0.0435. The number of rotatable bonds is 6. The third-order valence-electron chi connectivity index (χ3n) is 3.91. The molecule has 0 aliphatic rings. The van der Waals surface area contributed by atoms with E-state index in [1.807, 2.05) is 42.5 Å². The molecule has 0 radical (unpaired) electrons. The minimum Gasteiger partial charge on any atom is -0.496 e. The zero-order valence-corrected chi connectivity index (χ0v) is 14.8. The Morgan fingerprint density at radius 1 is 0.778 bits per heavy atom. The van der Waals surface area contributed by atoms with Gasteiger partial charge in [-0.25, -0.2) is 4.79 Å². The van der Waals surface area contributed by atoms with Crippen molar-refractivity contribution in [2.45, 2.75) is 0 Å². The highest BCUT2D eigenvalue weighted by atomic mass is 16.5. The summed E-state index contributed by atoms with van der Waals surface area (Å²) in [6.45, 7) is 0. The van der Waals surface area contributed by atoms with E-state index in [2.05, 4.69) is 0 Å². The van der Waals surface area contributed by atoms with Crippen LogP contribution in [0.5, 0.6) is 11.5 Å². The fourth-order valence-electron chi connectivity index (χ4n) is 2.54. The van der Waals surface area contributed by atoms with Crippen LogP contribution in [-0.2, 0) is 4.79 Å². The zero-order valence-electron chi connectivity index (χ0n) is 14.8. The van der Waals surface area contributed by atoms with Crippen LogP contribution in [0.25, 0.3) is 6.08 Å². The fourth-order valence-corrected chi connectivity index (χ4v) is 2.54. The summed E-state index contributed by atoms with van der Waals surface area (Å²) in [6, 6.07) is 22.9. The predicted octanol–water partition coefficient (Wildman–Crippen LogP) is 4.55. The number of hydrogen-bond donors (Lipinski definition) is 0. The smallest absolute Gasteiger partial charge is 0.336 e. The summed E-state index contributed by atoms with van der Waals surface area (Å²) >= 11 is 0. The Morgan fingerprint density at radius 2 is 1.41 bits per heavy atom. The van der Waals surface area contributed by atoms with Gasteiger partial charge in [0.1, 0.15) is 11.5 Å². The predicted molar refractivity (Wildman–Crippen MR) is 104 cm³/mol. The third-order valence-corrected chi connectivity index (χ3v) is 3.91. The summed E-state index contributed by atoms with van der Waals surface area (Å²) in [7, 11) is 1.57. The van der Waals surface area contributed by atoms with Crippen molar-refractivity contribution in [2.75, 3.05) is 7.11 Å². The van der Waals surface area contributed by atoms with Crippen LogP contribution >= 0.6 is 0 Å². The number of hydrogen-bond acceptors (Lipinski definition) is 4. The molecule has 0 N–H and O–H groups in total. The zero-order chi connectivity index (χ0) is 19.1. The average Bonchev–Trinajstić information content (AvgIpc) is 2.73. The molecule has 0 atom stereocenters. The highest BCUT2D eigenvalue weighted by Gasteiger charge is 2.09. The maximum atomic E-state index is 12.4. The van der Waals surface area contributed by atoms with Gasteiger partial charge in [0.2, 0.25) is 0 Å². The third kappa shape index (κ3) is 4.70. The molecule has 0 unspecified atom stereocenters. The van der Waals surface area contributed by atoms with E-state index in [1.165, 1.54) is 6.08 Å². The molecule has 134 valence electrons. The molecule has 3 aromatic carbocycles. The van der Waals surface area contributed by atoms with E-state index < -0.39 is 5.97 Å². The Bertz CT molecular complexity index is 957. The van der Waals surface area contributed by atoms with Crippen molar-refractivity contribution in [2.24, 2.45) is 0 Å². The number of methoxy groups -OCH3 is 1. The van der Waals surface area contributed by atoms with E-state index in [9.17, 15) is 9.59 Å². The molecule has 27 heavy (non-hydrogen) atoms. The van der Waals surface area contributed by atoms with E-state index in [4.69, 9.17) is 9.47 Å². The number of carbonyl (C=O) groups is 2. The molecule has 0 aliphatic carbocycles. The molecule has 0 spiro atoms. The SMILES string of the molecule is COc1ccccc1/C=C/C(=O)Oc1ccc(C(=O)c2ccccc2)cc1. The molecule has 3 aromatic rings. The van der Waals surface area contributed by atoms with Crippen molar-refractivity contribution in [1.82, 2.24) is 0 Å². The summed E-state index contributed by atoms with van der Waals surface area (Å²) in [5, 5.41) is 0. The number of benzene rings is 3. The summed E-state index contributed by atoms with van der Waals surface area (Å²) in [4.78, 5) is 24.4. The number of carbonyl (C=O) groups excluding carboxylic acids is 2. The minimum absolute atomic E-state index is 0.0791. The Balaban J connectivity index is 1.65. The molecule has 0 fully saturated rings. The molecular weight excluding hydrogens is 340 g/mol. The molecule has 0 bridgehead atoms. The van der Waals surface area contributed by atoms with Gasteiger partial charge in [0, 0.05) is 22.8 Å². The molecule has 0 aliphatic heterocycles. The average molecular weight is 358 g/mol. The van der Waals surface area contributed by atoms with Crippen molar-refractivity contribution in [3.8, 4) is 11.5 Å². The molecule has 0 saturated carbocycles. The number of ether oxygens (including phenoxy) is 2. The second-order valence-electron chi connectivity index (χ2n) is 5.72. The number of esters is 1. The van der Waals surface area contributed by atoms with Gasteiger partial charge in [-0.1, -0.05) is 48.5 Å². The second kappa shape index (κ2) is 8.63. The van der Waals surface area contributed by atoms with Gasteiger partial charge >= 0.3 is 5.97 Å². The largest absolute Gasteiger partial charge is 0.496 e. The van der Waals surface area contributed by atoms with E-state index in [0.29, 0.717) is 22.6 Å². The first-order chi connectivity index (χ1) is 13.2. The van der Waals surface area contributed by atoms with Gasteiger partial charge in [-0.3, -0.25) is 4.79 Å². The van der Waals surface area contributed by atoms with Gasteiger partial charge in [0.15, 0.2) is 5.78 Å². The van der Waals surface area contributed by atoms with E-state index in [-0.39, 0.29) is 5.78 Å². The monoisotopic (exact) mass is 358 g/mol. The lowest BCUT2D eigenvalue weighted by atomic mass is 10.0. The van der Waals surface area contributed by atoms with Crippen LogP contribution in [0.3, 0.4) is 0 Å². The van der Waals surface area contributed by atoms with E-state index >= 15 is 0 Å². The number of ketones is 1. The van der Waals surface area contributed by atoms with Gasteiger partial charge in [0.05, 0.1) is 7.11 Å². The van der Waals surface area contributed by atoms with Gasteiger partial charge in [0.25, 0.3) is 0 Å². The molecule has 4 nitrogen and oxygen atoms in total. The van der Waals surface area contributed by atoms with Crippen LogP contribution in [0.1, 0.15) is 21.5 Å². The first-order valence-electron chi connectivity index (χ1n) is 8.40. The first-order valence-corrected chi connectivity index (χ1v) is 8.40. The standard InChI is InChI=1S/C23H18O4/c1-26-21-10-6-5-7-17(21)13-16-22(24)27-20-14-11-19(12-15-20)23(25)18-8-3-2-4-9-18/h2-16H,1H3/b16-13+. The van der Waals surface area contributed by atoms with Gasteiger partial charge in [-0.15, -0.1) is 0 Å². The molecule has 0 saturated heterocycles. The molecule has 0 heterocycles. The normalized spacial score (nSPS) is 10.6. The molecule has 0 amide bonds. The Kier molecular flexibility index (Phi) is 5.80. The van der Waals surface area contributed by atoms with Crippen molar-refractivity contribution < 1.29 is 19.1 Å². The van der Waals surface area contributed by atoms with Crippen molar-refractivity contribution in [3.05, 3.63) is 102 Å². The summed E-state index contributed by atoms with van der Waals surface area (Å²) in [5.41, 5.74) is 1.92. The lowest BCUT2D eigenvalue weighted by Crippen LogP contribution is -2.05. The highest BCUT2D eigenvalue weighted by molar-refractivity contribution is 6.09. The Hall–Kier alpha value is -3.66. The van der Waals surface area contributed by atoms with E-state index in [0.717, 1.165) is 5.56 Å². The van der Waals surface area contributed by atoms with Crippen LogP contribution in [-0.4, -0.2) is 18.9 Å². The van der Waals surface area contributed by atoms with Gasteiger partial charge < -0.3 is 9.47 Å². The molecular formula is C23H18O4. The molecule has 3 rings (SSSR count). The van der Waals surface area contributed by atoms with Crippen LogP contribution in [0, 0.1) is 0 Å². The van der Waals surface area contributed by atoms with Crippen LogP contribution < -0.4 is 9.47 Å². The molecule has 0 aromatic heterocycles. The van der Waals surface area contributed by atoms with Crippen LogP contribution in [0.15, 0.2) is 84.9 Å². The van der Waals surface area contributed by atoms with Gasteiger partial charge in [-0.05, 0) is 36.4 Å². The van der Waals surface area contributed by atoms with Crippen molar-refractivity contribution in [1.29, 1.82) is 0 Å². The van der Waals surface area contributed by atoms with E-state index in [1.54, 1.807) is 49.6 Å². The summed E-state index contributed by atoms with van der Waals surface area (Å²) < 4.78 is 10.5. The number of para-hydroxylation sites is 1. The topological polar surface area (TPSA) is 52.6 Å². The highest BCUT2D eigenvalue weighted by Crippen LogP contribution is 2.19. The van der Waals surface area contributed by atoms with Gasteiger partial charge in [-0.2, -0.15) is 0 Å². The van der Waals surface area contributed by atoms with Crippen LogP contribution in [0.2, 0.25) is 0 Å². The molecule has 4 heteroatoms. The second-order valence-corrected chi connectivity index (χ2v) is 5.72. The van der Waals surface area contributed by atoms with Crippen LogP contribution in [0.4, 0.5) is 0 Å². The Morgan fingerprint density at radius 3 is 2.11 bits per heavy atom. The van der Waals surface area contributed by atoms with Crippen molar-refractivity contribution >= 4 is 17.8 Å². The minimum atomic E-state index is -0.511. The lowest BCUT2D eigenvalue weighted by Gasteiger charge is -2.05. The summed E-state index contributed by atoms with van der Waals surface area (Å²) in [5.74, 6) is 0.451. The summed E-state index contributed by atoms with van der Waals surface area (Å²) in [6.07, 6.45) is 2.97. The maximum Gasteiger partial charge on any atom is 0.336 e. The first kappa shape index (κ1) is 18.1. The quantitative estimate of drug-likeness (QED) is 0.281. The Labute approximate surface area is 157 Å².